The predicted octanol–water partition coefficient (Wildman–Crippen LogP) is 1.46. The van der Waals surface area contributed by atoms with E-state index < -0.39 is 30.6 Å². The number of aliphatic hydroxyl groups excluding tert-OH is 1. The number of ketones is 1. The summed E-state index contributed by atoms with van der Waals surface area (Å²) in [5.41, 5.74) is 1.06. The molecule has 0 radical (unpaired) electrons. The zero-order valence-electron chi connectivity index (χ0n) is 17.2. The number of likely N-dealkylation sites (tertiary alicyclic amines) is 1. The van der Waals surface area contributed by atoms with Crippen LogP contribution in [0.1, 0.15) is 22.3 Å². The van der Waals surface area contributed by atoms with E-state index in [4.69, 9.17) is 18.9 Å². The number of carbonyl (C=O) groups excluding carboxylic acids is 2. The maximum absolute atomic E-state index is 12.7. The van der Waals surface area contributed by atoms with Crippen molar-refractivity contribution in [3.05, 3.63) is 53.3 Å². The smallest absolute Gasteiger partial charge is 0.326 e. The van der Waals surface area contributed by atoms with Gasteiger partial charge in [0.15, 0.2) is 23.9 Å². The molecule has 1 saturated heterocycles. The molecule has 3 heterocycles. The maximum Gasteiger partial charge on any atom is 0.326 e. The Balaban J connectivity index is 1.27. The number of carboxylic acid groups (broad SMARTS) is 1. The van der Waals surface area contributed by atoms with Gasteiger partial charge in [-0.3, -0.25) is 9.59 Å². The van der Waals surface area contributed by atoms with Crippen LogP contribution in [0.2, 0.25) is 0 Å². The highest BCUT2D eigenvalue weighted by molar-refractivity contribution is 6.14. The van der Waals surface area contributed by atoms with Gasteiger partial charge in [-0.1, -0.05) is 6.07 Å². The molecular formula is C23H19NO9. The number of hydrogen-bond donors (Lipinski definition) is 2. The van der Waals surface area contributed by atoms with Gasteiger partial charge in [0.2, 0.25) is 12.6 Å². The topological polar surface area (TPSA) is 132 Å². The number of benzene rings is 2. The summed E-state index contributed by atoms with van der Waals surface area (Å²) < 4.78 is 21.8. The number of hydrogen-bond acceptors (Lipinski definition) is 8. The molecule has 2 aromatic rings. The molecule has 2 atom stereocenters. The zero-order chi connectivity index (χ0) is 23.1. The van der Waals surface area contributed by atoms with E-state index in [9.17, 15) is 24.6 Å². The number of ether oxygens (including phenoxy) is 4. The number of rotatable bonds is 5. The third-order valence-electron chi connectivity index (χ3n) is 5.58. The molecule has 10 heteroatoms. The average Bonchev–Trinajstić information content (AvgIpc) is 3.49. The zero-order valence-corrected chi connectivity index (χ0v) is 17.2. The largest absolute Gasteiger partial charge is 0.484 e. The van der Waals surface area contributed by atoms with Crippen LogP contribution in [0.5, 0.6) is 23.0 Å². The minimum Gasteiger partial charge on any atom is -0.484 e. The normalized spacial score (nSPS) is 21.8. The van der Waals surface area contributed by atoms with Crippen molar-refractivity contribution in [3.8, 4) is 23.0 Å². The van der Waals surface area contributed by atoms with Crippen molar-refractivity contribution in [2.45, 2.75) is 18.6 Å². The molecule has 2 aromatic carbocycles. The molecule has 0 saturated carbocycles. The molecule has 1 fully saturated rings. The summed E-state index contributed by atoms with van der Waals surface area (Å²) in [5.74, 6) is -0.0984. The number of amides is 1. The highest BCUT2D eigenvalue weighted by atomic mass is 16.7. The van der Waals surface area contributed by atoms with Gasteiger partial charge >= 0.3 is 5.97 Å². The minimum absolute atomic E-state index is 0.0195. The number of fused-ring (bicyclic) bond motifs is 2. The van der Waals surface area contributed by atoms with Crippen LogP contribution in [0.3, 0.4) is 0 Å². The van der Waals surface area contributed by atoms with Crippen LogP contribution >= 0.6 is 0 Å². The second-order valence-electron chi connectivity index (χ2n) is 7.79. The molecule has 0 aromatic heterocycles. The molecule has 0 unspecified atom stereocenters. The van der Waals surface area contributed by atoms with Crippen LogP contribution in [0, 0.1) is 0 Å². The fourth-order valence-electron chi connectivity index (χ4n) is 3.96. The van der Waals surface area contributed by atoms with Gasteiger partial charge in [0.05, 0.1) is 11.7 Å². The number of carbonyl (C=O) groups is 3. The first-order chi connectivity index (χ1) is 15.9. The standard InChI is InChI=1S/C23H19NO9/c25-13-7-16(23(28)29)24(9-13)21(26)10-30-14-2-3-15-18(8-14)33-20(22(15)27)6-12-1-4-17-19(5-12)32-11-31-17/h1-6,8,13,16,25H,7,9-11H2,(H,28,29)/b20-6-/t13-,16+/m1/s1. The van der Waals surface area contributed by atoms with E-state index in [1.807, 2.05) is 0 Å². The van der Waals surface area contributed by atoms with E-state index in [-0.39, 0.29) is 42.8 Å². The molecule has 0 aliphatic carbocycles. The van der Waals surface area contributed by atoms with Crippen molar-refractivity contribution in [3.63, 3.8) is 0 Å². The van der Waals surface area contributed by atoms with Gasteiger partial charge < -0.3 is 34.1 Å². The molecule has 0 spiro atoms. The predicted molar refractivity (Wildman–Crippen MR) is 111 cm³/mol. The Hall–Kier alpha value is -4.05. The number of carboxylic acids is 1. The first-order valence-corrected chi connectivity index (χ1v) is 10.2. The fourth-order valence-corrected chi connectivity index (χ4v) is 3.96. The molecule has 5 rings (SSSR count). The minimum atomic E-state index is -1.17. The Morgan fingerprint density at radius 1 is 1.12 bits per heavy atom. The van der Waals surface area contributed by atoms with E-state index >= 15 is 0 Å². The molecule has 2 N–H and O–H groups in total. The Morgan fingerprint density at radius 2 is 1.94 bits per heavy atom. The number of nitrogens with zero attached hydrogens (tertiary/aromatic N) is 1. The lowest BCUT2D eigenvalue weighted by atomic mass is 10.1. The molecule has 0 bridgehead atoms. The van der Waals surface area contributed by atoms with Crippen LogP contribution in [0.15, 0.2) is 42.2 Å². The second-order valence-corrected chi connectivity index (χ2v) is 7.79. The SMILES string of the molecule is O=C1/C(=C/c2ccc3c(c2)OCO3)Oc2cc(OCC(=O)N3C[C@H](O)C[C@H]3C(=O)O)ccc21. The van der Waals surface area contributed by atoms with Gasteiger partial charge in [-0.2, -0.15) is 0 Å². The molecular weight excluding hydrogens is 434 g/mol. The highest BCUT2D eigenvalue weighted by Crippen LogP contribution is 2.37. The van der Waals surface area contributed by atoms with E-state index in [1.165, 1.54) is 18.2 Å². The summed E-state index contributed by atoms with van der Waals surface area (Å²) >= 11 is 0. The first-order valence-electron chi connectivity index (χ1n) is 10.2. The van der Waals surface area contributed by atoms with Crippen molar-refractivity contribution in [1.29, 1.82) is 0 Å². The summed E-state index contributed by atoms with van der Waals surface area (Å²) in [7, 11) is 0. The van der Waals surface area contributed by atoms with Gasteiger partial charge in [0.25, 0.3) is 5.91 Å². The van der Waals surface area contributed by atoms with Crippen molar-refractivity contribution < 1.29 is 43.5 Å². The van der Waals surface area contributed by atoms with Gasteiger partial charge in [-0.05, 0) is 35.9 Å². The number of aliphatic carboxylic acids is 1. The number of allylic oxidation sites excluding steroid dienone is 1. The average molecular weight is 453 g/mol. The Bertz CT molecular complexity index is 1190. The third kappa shape index (κ3) is 3.96. The summed E-state index contributed by atoms with van der Waals surface area (Å²) in [4.78, 5) is 37.5. The van der Waals surface area contributed by atoms with Gasteiger partial charge in [-0.15, -0.1) is 0 Å². The first kappa shape index (κ1) is 20.8. The van der Waals surface area contributed by atoms with Crippen molar-refractivity contribution in [2.24, 2.45) is 0 Å². The molecule has 1 amide bonds. The van der Waals surface area contributed by atoms with Crippen LogP contribution in [0.25, 0.3) is 6.08 Å². The van der Waals surface area contributed by atoms with Gasteiger partial charge in [0, 0.05) is 19.0 Å². The number of aliphatic hydroxyl groups is 1. The maximum atomic E-state index is 12.7. The lowest BCUT2D eigenvalue weighted by Crippen LogP contribution is -2.42. The Labute approximate surface area is 187 Å². The summed E-state index contributed by atoms with van der Waals surface area (Å²) in [6.45, 7) is -0.324. The van der Waals surface area contributed by atoms with Crippen molar-refractivity contribution in [2.75, 3.05) is 19.9 Å². The Kier molecular flexibility index (Phi) is 5.14. The quantitative estimate of drug-likeness (QED) is 0.646. The van der Waals surface area contributed by atoms with Crippen molar-refractivity contribution in [1.82, 2.24) is 4.90 Å². The van der Waals surface area contributed by atoms with Crippen molar-refractivity contribution >= 4 is 23.7 Å². The van der Waals surface area contributed by atoms with Gasteiger partial charge in [-0.25, -0.2) is 4.79 Å². The summed E-state index contributed by atoms with van der Waals surface area (Å²) in [6.07, 6.45) is 0.692. The molecule has 10 nitrogen and oxygen atoms in total. The monoisotopic (exact) mass is 453 g/mol. The van der Waals surface area contributed by atoms with E-state index in [2.05, 4.69) is 0 Å². The lowest BCUT2D eigenvalue weighted by molar-refractivity contribution is -0.148. The van der Waals surface area contributed by atoms with E-state index in [1.54, 1.807) is 24.3 Å². The van der Waals surface area contributed by atoms with Crippen LogP contribution in [-0.4, -0.2) is 64.9 Å². The number of Topliss-reactive ketones (excluding diaryl/α,β-unsaturated/α-hetero) is 1. The van der Waals surface area contributed by atoms with Crippen LogP contribution < -0.4 is 18.9 Å². The number of β-amino-alcohol motifs (C(OH)–C–C–N with tert-alkyl or cyclic N) is 1. The summed E-state index contributed by atoms with van der Waals surface area (Å²) in [5, 5.41) is 18.9. The molecule has 3 aliphatic rings. The van der Waals surface area contributed by atoms with Gasteiger partial charge in [0.1, 0.15) is 17.5 Å². The third-order valence-corrected chi connectivity index (χ3v) is 5.58. The highest BCUT2D eigenvalue weighted by Gasteiger charge is 2.39. The Morgan fingerprint density at radius 3 is 2.76 bits per heavy atom. The van der Waals surface area contributed by atoms with Crippen LogP contribution in [-0.2, 0) is 9.59 Å². The second kappa shape index (κ2) is 8.14. The summed E-state index contributed by atoms with van der Waals surface area (Å²) in [6, 6.07) is 8.75. The van der Waals surface area contributed by atoms with Crippen LogP contribution in [0.4, 0.5) is 0 Å². The molecule has 170 valence electrons. The fraction of sp³-hybridized carbons (Fsp3) is 0.261. The van der Waals surface area contributed by atoms with E-state index in [0.717, 1.165) is 4.90 Å². The molecule has 3 aliphatic heterocycles. The van der Waals surface area contributed by atoms with E-state index in [0.29, 0.717) is 22.6 Å². The lowest BCUT2D eigenvalue weighted by Gasteiger charge is -2.21. The molecule has 33 heavy (non-hydrogen) atoms.